The van der Waals surface area contributed by atoms with Gasteiger partial charge in [0.05, 0.1) is 0 Å². The van der Waals surface area contributed by atoms with Crippen molar-refractivity contribution >= 4 is 5.91 Å². The van der Waals surface area contributed by atoms with Crippen LogP contribution in [0.2, 0.25) is 0 Å². The van der Waals surface area contributed by atoms with E-state index in [-0.39, 0.29) is 17.1 Å². The number of benzene rings is 1. The van der Waals surface area contributed by atoms with Gasteiger partial charge in [-0.05, 0) is 31.2 Å². The summed E-state index contributed by atoms with van der Waals surface area (Å²) in [5.74, 6) is -0.168. The summed E-state index contributed by atoms with van der Waals surface area (Å²) in [6, 6.07) is 5.10. The first-order valence-electron chi connectivity index (χ1n) is 6.55. The van der Waals surface area contributed by atoms with Gasteiger partial charge in [-0.15, -0.1) is 0 Å². The molecule has 0 radical (unpaired) electrons. The van der Waals surface area contributed by atoms with Gasteiger partial charge in [-0.25, -0.2) is 4.39 Å². The van der Waals surface area contributed by atoms with Gasteiger partial charge >= 0.3 is 0 Å². The number of carbonyl (C=O) groups excluding carboxylic acids is 1. The van der Waals surface area contributed by atoms with Crippen molar-refractivity contribution in [1.29, 1.82) is 0 Å². The van der Waals surface area contributed by atoms with Gasteiger partial charge < -0.3 is 10.6 Å². The van der Waals surface area contributed by atoms with Crippen LogP contribution in [0.25, 0.3) is 0 Å². The van der Waals surface area contributed by atoms with Crippen molar-refractivity contribution in [2.45, 2.75) is 32.6 Å². The predicted molar refractivity (Wildman–Crippen MR) is 75.7 cm³/mol. The van der Waals surface area contributed by atoms with Gasteiger partial charge in [-0.1, -0.05) is 26.0 Å². The summed E-state index contributed by atoms with van der Waals surface area (Å²) in [4.78, 5) is 11.6. The lowest BCUT2D eigenvalue weighted by molar-refractivity contribution is -0.121. The van der Waals surface area contributed by atoms with E-state index in [2.05, 4.69) is 10.6 Å². The van der Waals surface area contributed by atoms with Crippen molar-refractivity contribution in [2.75, 3.05) is 20.1 Å². The van der Waals surface area contributed by atoms with E-state index in [0.29, 0.717) is 25.1 Å². The largest absolute Gasteiger partial charge is 0.355 e. The van der Waals surface area contributed by atoms with Gasteiger partial charge in [0.15, 0.2) is 0 Å². The van der Waals surface area contributed by atoms with Crippen molar-refractivity contribution in [3.63, 3.8) is 0 Å². The third-order valence-corrected chi connectivity index (χ3v) is 3.27. The topological polar surface area (TPSA) is 41.1 Å². The highest BCUT2D eigenvalue weighted by Crippen LogP contribution is 2.24. The highest BCUT2D eigenvalue weighted by Gasteiger charge is 2.22. The van der Waals surface area contributed by atoms with Crippen molar-refractivity contribution in [1.82, 2.24) is 10.6 Å². The summed E-state index contributed by atoms with van der Waals surface area (Å²) in [6.07, 6.45) is 0.467. The minimum absolute atomic E-state index is 0.0289. The summed E-state index contributed by atoms with van der Waals surface area (Å²) >= 11 is 0. The third-order valence-electron chi connectivity index (χ3n) is 3.27. The molecule has 1 aromatic carbocycles. The van der Waals surface area contributed by atoms with Crippen LogP contribution >= 0.6 is 0 Å². The van der Waals surface area contributed by atoms with E-state index in [9.17, 15) is 9.18 Å². The minimum atomic E-state index is -0.215. The molecule has 0 saturated heterocycles. The fourth-order valence-electron chi connectivity index (χ4n) is 1.81. The molecule has 0 aromatic heterocycles. The Morgan fingerprint density at radius 3 is 2.63 bits per heavy atom. The van der Waals surface area contributed by atoms with E-state index in [1.165, 1.54) is 6.07 Å². The molecule has 0 aliphatic carbocycles. The standard InChI is InChI=1S/C15H23FN2O/c1-11-9-12(5-6-13(11)16)15(2,3)10-18-14(19)7-8-17-4/h5-6,9,17H,7-8,10H2,1-4H3,(H,18,19). The van der Waals surface area contributed by atoms with Crippen LogP contribution < -0.4 is 10.6 Å². The average Bonchev–Trinajstić information content (AvgIpc) is 2.37. The molecule has 19 heavy (non-hydrogen) atoms. The zero-order chi connectivity index (χ0) is 14.5. The number of hydrogen-bond donors (Lipinski definition) is 2. The zero-order valence-electron chi connectivity index (χ0n) is 12.1. The second-order valence-corrected chi connectivity index (χ2v) is 5.48. The highest BCUT2D eigenvalue weighted by atomic mass is 19.1. The molecule has 0 aliphatic rings. The maximum absolute atomic E-state index is 13.3. The van der Waals surface area contributed by atoms with E-state index in [0.717, 1.165) is 5.56 Å². The normalized spacial score (nSPS) is 11.4. The molecule has 0 fully saturated rings. The molecule has 0 bridgehead atoms. The fourth-order valence-corrected chi connectivity index (χ4v) is 1.81. The third kappa shape index (κ3) is 4.63. The van der Waals surface area contributed by atoms with Crippen LogP contribution in [0.3, 0.4) is 0 Å². The van der Waals surface area contributed by atoms with Crippen LogP contribution in [-0.4, -0.2) is 26.0 Å². The fraction of sp³-hybridized carbons (Fsp3) is 0.533. The highest BCUT2D eigenvalue weighted by molar-refractivity contribution is 5.76. The Morgan fingerprint density at radius 2 is 2.05 bits per heavy atom. The van der Waals surface area contributed by atoms with Crippen LogP contribution in [0.15, 0.2) is 18.2 Å². The Balaban J connectivity index is 2.64. The molecule has 1 aromatic rings. The summed E-state index contributed by atoms with van der Waals surface area (Å²) in [5, 5.41) is 5.86. The molecule has 0 unspecified atom stereocenters. The van der Waals surface area contributed by atoms with Crippen LogP contribution in [0.5, 0.6) is 0 Å². The minimum Gasteiger partial charge on any atom is -0.355 e. The molecule has 3 nitrogen and oxygen atoms in total. The summed E-state index contributed by atoms with van der Waals surface area (Å²) in [6.45, 7) is 7.04. The first-order valence-corrected chi connectivity index (χ1v) is 6.55. The molecule has 1 rings (SSSR count). The summed E-state index contributed by atoms with van der Waals surface area (Å²) in [7, 11) is 1.82. The van der Waals surface area contributed by atoms with Crippen LogP contribution in [0, 0.1) is 12.7 Å². The first kappa shape index (κ1) is 15.6. The quantitative estimate of drug-likeness (QED) is 0.828. The lowest BCUT2D eigenvalue weighted by atomic mass is 9.84. The number of halogens is 1. The Morgan fingerprint density at radius 1 is 1.37 bits per heavy atom. The number of nitrogens with one attached hydrogen (secondary N) is 2. The molecule has 0 spiro atoms. The molecule has 0 aliphatic heterocycles. The van der Waals surface area contributed by atoms with Gasteiger partial charge in [0.25, 0.3) is 0 Å². The Hall–Kier alpha value is -1.42. The summed E-state index contributed by atoms with van der Waals surface area (Å²) < 4.78 is 13.3. The van der Waals surface area contributed by atoms with Crippen LogP contribution in [-0.2, 0) is 10.2 Å². The number of hydrogen-bond acceptors (Lipinski definition) is 2. The Kier molecular flexibility index (Phi) is 5.48. The monoisotopic (exact) mass is 266 g/mol. The molecule has 106 valence electrons. The Labute approximate surface area is 114 Å². The number of rotatable bonds is 6. The molecular formula is C15H23FN2O. The Bertz CT molecular complexity index is 444. The van der Waals surface area contributed by atoms with Crippen molar-refractivity contribution in [3.8, 4) is 0 Å². The van der Waals surface area contributed by atoms with Crippen LogP contribution in [0.4, 0.5) is 4.39 Å². The summed E-state index contributed by atoms with van der Waals surface area (Å²) in [5.41, 5.74) is 1.45. The lowest BCUT2D eigenvalue weighted by Gasteiger charge is -2.26. The predicted octanol–water partition coefficient (Wildman–Crippen LogP) is 2.14. The molecule has 0 heterocycles. The molecule has 2 N–H and O–H groups in total. The molecule has 0 atom stereocenters. The van der Waals surface area contributed by atoms with Crippen LogP contribution in [0.1, 0.15) is 31.4 Å². The van der Waals surface area contributed by atoms with E-state index < -0.39 is 0 Å². The smallest absolute Gasteiger partial charge is 0.221 e. The van der Waals surface area contributed by atoms with E-state index in [4.69, 9.17) is 0 Å². The maximum atomic E-state index is 13.3. The van der Waals surface area contributed by atoms with Gasteiger partial charge in [0, 0.05) is 24.9 Å². The first-order chi connectivity index (χ1) is 8.86. The van der Waals surface area contributed by atoms with Gasteiger partial charge in [-0.3, -0.25) is 4.79 Å². The number of carbonyl (C=O) groups is 1. The van der Waals surface area contributed by atoms with Crippen molar-refractivity contribution in [2.24, 2.45) is 0 Å². The number of aryl methyl sites for hydroxylation is 1. The zero-order valence-corrected chi connectivity index (χ0v) is 12.1. The van der Waals surface area contributed by atoms with Gasteiger partial charge in [0.2, 0.25) is 5.91 Å². The lowest BCUT2D eigenvalue weighted by Crippen LogP contribution is -2.37. The van der Waals surface area contributed by atoms with Crippen molar-refractivity contribution in [3.05, 3.63) is 35.1 Å². The SMILES string of the molecule is CNCCC(=O)NCC(C)(C)c1ccc(F)c(C)c1. The second-order valence-electron chi connectivity index (χ2n) is 5.48. The molecule has 1 amide bonds. The van der Waals surface area contributed by atoms with Crippen molar-refractivity contribution < 1.29 is 9.18 Å². The maximum Gasteiger partial charge on any atom is 0.221 e. The van der Waals surface area contributed by atoms with E-state index in [1.54, 1.807) is 13.0 Å². The average molecular weight is 266 g/mol. The van der Waals surface area contributed by atoms with E-state index >= 15 is 0 Å². The van der Waals surface area contributed by atoms with Gasteiger partial charge in [0.1, 0.15) is 5.82 Å². The molecular weight excluding hydrogens is 243 g/mol. The molecule has 0 saturated carbocycles. The second kappa shape index (κ2) is 6.66. The van der Waals surface area contributed by atoms with E-state index in [1.807, 2.05) is 27.0 Å². The number of amides is 1. The molecule has 4 heteroatoms. The van der Waals surface area contributed by atoms with Gasteiger partial charge in [-0.2, -0.15) is 0 Å².